The van der Waals surface area contributed by atoms with E-state index in [1.165, 1.54) is 22.3 Å². The normalized spacial score (nSPS) is 10.4. The Kier molecular flexibility index (Phi) is 6.61. The van der Waals surface area contributed by atoms with Gasteiger partial charge in [0.1, 0.15) is 0 Å². The molecular weight excluding hydrogens is 302 g/mol. The lowest BCUT2D eigenvalue weighted by Crippen LogP contribution is -2.18. The molecule has 0 unspecified atom stereocenters. The third kappa shape index (κ3) is 5.44. The first-order valence-electron chi connectivity index (χ1n) is 8.99. The minimum Gasteiger partial charge on any atom is -0.316 e. The van der Waals surface area contributed by atoms with Crippen molar-refractivity contribution in [2.75, 3.05) is 13.1 Å². The molecule has 0 heterocycles. The molecule has 0 atom stereocenters. The number of rotatable bonds is 8. The molecule has 0 fully saturated rings. The van der Waals surface area contributed by atoms with Crippen LogP contribution in [0.5, 0.6) is 0 Å². The summed E-state index contributed by atoms with van der Waals surface area (Å²) in [5.74, 6) is 0. The van der Waals surface area contributed by atoms with E-state index < -0.39 is 0 Å². The van der Waals surface area contributed by atoms with Crippen LogP contribution in [0.25, 0.3) is 5.57 Å². The van der Waals surface area contributed by atoms with Crippen LogP contribution in [0.1, 0.15) is 23.1 Å². The molecule has 0 aliphatic rings. The van der Waals surface area contributed by atoms with Crippen LogP contribution < -0.4 is 5.32 Å². The zero-order chi connectivity index (χ0) is 17.2. The van der Waals surface area contributed by atoms with Crippen LogP contribution in [0.3, 0.4) is 0 Å². The zero-order valence-electron chi connectivity index (χ0n) is 14.6. The van der Waals surface area contributed by atoms with Gasteiger partial charge in [0.05, 0.1) is 0 Å². The van der Waals surface area contributed by atoms with E-state index in [2.05, 4.69) is 102 Å². The monoisotopic (exact) mass is 327 g/mol. The molecule has 126 valence electrons. The number of nitrogens with one attached hydrogen (secondary N) is 1. The summed E-state index contributed by atoms with van der Waals surface area (Å²) in [6.07, 6.45) is 4.45. The van der Waals surface area contributed by atoms with E-state index in [9.17, 15) is 0 Å². The molecule has 0 saturated carbocycles. The van der Waals surface area contributed by atoms with E-state index in [0.29, 0.717) is 0 Å². The Balaban J connectivity index is 1.56. The molecule has 25 heavy (non-hydrogen) atoms. The predicted molar refractivity (Wildman–Crippen MR) is 108 cm³/mol. The van der Waals surface area contributed by atoms with Gasteiger partial charge in [-0.1, -0.05) is 97.1 Å². The van der Waals surface area contributed by atoms with Crippen LogP contribution in [0.15, 0.2) is 97.1 Å². The van der Waals surface area contributed by atoms with Crippen LogP contribution >= 0.6 is 0 Å². The van der Waals surface area contributed by atoms with Crippen molar-refractivity contribution in [3.8, 4) is 0 Å². The highest BCUT2D eigenvalue weighted by atomic mass is 14.8. The average Bonchev–Trinajstić information content (AvgIpc) is 2.69. The predicted octanol–water partition coefficient (Wildman–Crippen LogP) is 5.34. The van der Waals surface area contributed by atoms with E-state index in [0.717, 1.165) is 25.9 Å². The minimum absolute atomic E-state index is 0.996. The van der Waals surface area contributed by atoms with Gasteiger partial charge in [-0.25, -0.2) is 0 Å². The van der Waals surface area contributed by atoms with Crippen LogP contribution in [0, 0.1) is 0 Å². The summed E-state index contributed by atoms with van der Waals surface area (Å²) in [6, 6.07) is 31.9. The van der Waals surface area contributed by atoms with Gasteiger partial charge < -0.3 is 5.32 Å². The molecule has 3 rings (SSSR count). The highest BCUT2D eigenvalue weighted by Gasteiger charge is 2.03. The molecule has 1 heteroatoms. The van der Waals surface area contributed by atoms with Crippen molar-refractivity contribution in [2.45, 2.75) is 12.8 Å². The number of hydrogen-bond acceptors (Lipinski definition) is 1. The molecule has 1 nitrogen and oxygen atoms in total. The second-order valence-electron chi connectivity index (χ2n) is 6.12. The van der Waals surface area contributed by atoms with Crippen LogP contribution in [-0.2, 0) is 6.42 Å². The van der Waals surface area contributed by atoms with Crippen LogP contribution in [-0.4, -0.2) is 13.1 Å². The lowest BCUT2D eigenvalue weighted by atomic mass is 9.97. The van der Waals surface area contributed by atoms with E-state index in [-0.39, 0.29) is 0 Å². The summed E-state index contributed by atoms with van der Waals surface area (Å²) in [6.45, 7) is 2.01. The van der Waals surface area contributed by atoms with Gasteiger partial charge in [0.2, 0.25) is 0 Å². The summed E-state index contributed by atoms with van der Waals surface area (Å²) >= 11 is 0. The van der Waals surface area contributed by atoms with E-state index >= 15 is 0 Å². The minimum atomic E-state index is 0.996. The van der Waals surface area contributed by atoms with Gasteiger partial charge in [-0.2, -0.15) is 0 Å². The largest absolute Gasteiger partial charge is 0.316 e. The first-order chi connectivity index (χ1) is 12.4. The van der Waals surface area contributed by atoms with Crippen molar-refractivity contribution in [3.05, 3.63) is 114 Å². The standard InChI is InChI=1S/C24H25N/c1-4-11-21(12-5-1)18-20-25-19-10-17-24(22-13-6-2-7-14-22)23-15-8-3-9-16-23/h1-9,11-17,25H,10,18-20H2. The van der Waals surface area contributed by atoms with Crippen molar-refractivity contribution >= 4 is 5.57 Å². The van der Waals surface area contributed by atoms with Gasteiger partial charge in [0.25, 0.3) is 0 Å². The Labute approximate surface area is 151 Å². The van der Waals surface area contributed by atoms with Gasteiger partial charge >= 0.3 is 0 Å². The summed E-state index contributed by atoms with van der Waals surface area (Å²) in [7, 11) is 0. The third-order valence-corrected chi connectivity index (χ3v) is 4.27. The molecule has 0 amide bonds. The van der Waals surface area contributed by atoms with Crippen molar-refractivity contribution in [1.82, 2.24) is 5.32 Å². The molecule has 0 bridgehead atoms. The molecule has 0 spiro atoms. The topological polar surface area (TPSA) is 12.0 Å². The fourth-order valence-electron chi connectivity index (χ4n) is 2.96. The summed E-state index contributed by atoms with van der Waals surface area (Å²) in [5, 5.41) is 3.55. The fourth-order valence-corrected chi connectivity index (χ4v) is 2.96. The lowest BCUT2D eigenvalue weighted by molar-refractivity contribution is 0.689. The fraction of sp³-hybridized carbons (Fsp3) is 0.167. The number of benzene rings is 3. The lowest BCUT2D eigenvalue weighted by Gasteiger charge is -2.09. The van der Waals surface area contributed by atoms with Crippen LogP contribution in [0.4, 0.5) is 0 Å². The molecule has 3 aromatic carbocycles. The van der Waals surface area contributed by atoms with Gasteiger partial charge in [0, 0.05) is 0 Å². The van der Waals surface area contributed by atoms with Crippen molar-refractivity contribution in [2.24, 2.45) is 0 Å². The van der Waals surface area contributed by atoms with Gasteiger partial charge in [-0.05, 0) is 48.2 Å². The molecule has 0 aliphatic carbocycles. The van der Waals surface area contributed by atoms with Crippen LogP contribution in [0.2, 0.25) is 0 Å². The van der Waals surface area contributed by atoms with Crippen molar-refractivity contribution in [1.29, 1.82) is 0 Å². The average molecular weight is 327 g/mol. The van der Waals surface area contributed by atoms with Crippen molar-refractivity contribution < 1.29 is 0 Å². The maximum Gasteiger partial charge on any atom is -0.000823 e. The Morgan fingerprint density at radius 1 is 0.640 bits per heavy atom. The van der Waals surface area contributed by atoms with E-state index in [4.69, 9.17) is 0 Å². The molecule has 0 saturated heterocycles. The summed E-state index contributed by atoms with van der Waals surface area (Å²) < 4.78 is 0. The Hall–Kier alpha value is -2.64. The molecular formula is C24H25N. The van der Waals surface area contributed by atoms with E-state index in [1.807, 2.05) is 0 Å². The molecule has 0 aromatic heterocycles. The number of hydrogen-bond donors (Lipinski definition) is 1. The second kappa shape index (κ2) is 9.61. The maximum absolute atomic E-state index is 3.55. The Morgan fingerprint density at radius 2 is 1.16 bits per heavy atom. The van der Waals surface area contributed by atoms with Crippen molar-refractivity contribution in [3.63, 3.8) is 0 Å². The SMILES string of the molecule is C(CCNCCc1ccccc1)=C(c1ccccc1)c1ccccc1. The summed E-state index contributed by atoms with van der Waals surface area (Å²) in [4.78, 5) is 0. The smallest absolute Gasteiger partial charge is 0.000823 e. The highest BCUT2D eigenvalue weighted by molar-refractivity contribution is 5.79. The molecule has 0 aliphatic heterocycles. The third-order valence-electron chi connectivity index (χ3n) is 4.27. The zero-order valence-corrected chi connectivity index (χ0v) is 14.6. The molecule has 0 radical (unpaired) electrons. The Bertz CT molecular complexity index is 719. The van der Waals surface area contributed by atoms with Gasteiger partial charge in [-0.15, -0.1) is 0 Å². The summed E-state index contributed by atoms with van der Waals surface area (Å²) in [5.41, 5.74) is 5.25. The molecule has 1 N–H and O–H groups in total. The Morgan fingerprint density at radius 3 is 1.72 bits per heavy atom. The quantitative estimate of drug-likeness (QED) is 0.551. The van der Waals surface area contributed by atoms with Gasteiger partial charge in [0.15, 0.2) is 0 Å². The van der Waals surface area contributed by atoms with E-state index in [1.54, 1.807) is 0 Å². The maximum atomic E-state index is 3.55. The second-order valence-corrected chi connectivity index (χ2v) is 6.12. The first-order valence-corrected chi connectivity index (χ1v) is 8.99. The van der Waals surface area contributed by atoms with Gasteiger partial charge in [-0.3, -0.25) is 0 Å². The molecule has 3 aromatic rings. The highest BCUT2D eigenvalue weighted by Crippen LogP contribution is 2.23. The first kappa shape index (κ1) is 17.2.